The van der Waals surface area contributed by atoms with E-state index in [-0.39, 0.29) is 12.3 Å². The Morgan fingerprint density at radius 1 is 0.759 bits per heavy atom. The Morgan fingerprint density at radius 3 is 1.34 bits per heavy atom. The SMILES string of the molecule is CON(C)C(=O)CC(c1ccc(Cl)cc1)(c1ccc(Cl)cc1)c1ccc(Cl)cc1. The van der Waals surface area contributed by atoms with Crippen LogP contribution in [0.3, 0.4) is 0 Å². The topological polar surface area (TPSA) is 29.5 Å². The van der Waals surface area contributed by atoms with Crippen LogP contribution in [0.25, 0.3) is 0 Å². The van der Waals surface area contributed by atoms with Gasteiger partial charge in [-0.1, -0.05) is 71.2 Å². The number of amides is 1. The molecule has 0 aliphatic heterocycles. The lowest BCUT2D eigenvalue weighted by Crippen LogP contribution is -2.37. The van der Waals surface area contributed by atoms with E-state index in [1.807, 2.05) is 72.8 Å². The summed E-state index contributed by atoms with van der Waals surface area (Å²) in [5.74, 6) is -0.174. The number of nitrogens with zero attached hydrogens (tertiary/aromatic N) is 1. The van der Waals surface area contributed by atoms with E-state index in [4.69, 9.17) is 39.6 Å². The van der Waals surface area contributed by atoms with Gasteiger partial charge in [0.25, 0.3) is 0 Å². The fourth-order valence-electron chi connectivity index (χ4n) is 3.45. The van der Waals surface area contributed by atoms with Crippen LogP contribution in [0.1, 0.15) is 23.1 Å². The molecule has 0 bridgehead atoms. The van der Waals surface area contributed by atoms with Crippen molar-refractivity contribution < 1.29 is 9.63 Å². The van der Waals surface area contributed by atoms with E-state index in [1.165, 1.54) is 12.2 Å². The molecule has 6 heteroatoms. The van der Waals surface area contributed by atoms with Gasteiger partial charge in [0, 0.05) is 28.5 Å². The molecule has 1 amide bonds. The van der Waals surface area contributed by atoms with Gasteiger partial charge in [-0.05, 0) is 53.1 Å². The Morgan fingerprint density at radius 2 is 1.07 bits per heavy atom. The van der Waals surface area contributed by atoms with Crippen LogP contribution in [-0.4, -0.2) is 25.1 Å². The number of halogens is 3. The third kappa shape index (κ3) is 4.59. The van der Waals surface area contributed by atoms with E-state index in [0.717, 1.165) is 16.7 Å². The van der Waals surface area contributed by atoms with Crippen molar-refractivity contribution in [1.29, 1.82) is 0 Å². The summed E-state index contributed by atoms with van der Waals surface area (Å²) in [5.41, 5.74) is 1.97. The lowest BCUT2D eigenvalue weighted by atomic mass is 9.67. The van der Waals surface area contributed by atoms with Gasteiger partial charge in [0.2, 0.25) is 5.91 Å². The number of carbonyl (C=O) groups excluding carboxylic acids is 1. The quantitative estimate of drug-likeness (QED) is 0.323. The molecular formula is C23H20Cl3NO2. The van der Waals surface area contributed by atoms with E-state index in [9.17, 15) is 4.79 Å². The molecule has 0 saturated carbocycles. The van der Waals surface area contributed by atoms with Crippen molar-refractivity contribution in [2.75, 3.05) is 14.2 Å². The first-order valence-electron chi connectivity index (χ1n) is 8.95. The molecule has 0 heterocycles. The third-order valence-electron chi connectivity index (χ3n) is 5.05. The monoisotopic (exact) mass is 447 g/mol. The lowest BCUT2D eigenvalue weighted by Gasteiger charge is -2.36. The number of rotatable bonds is 6. The van der Waals surface area contributed by atoms with Crippen LogP contribution >= 0.6 is 34.8 Å². The lowest BCUT2D eigenvalue weighted by molar-refractivity contribution is -0.169. The minimum absolute atomic E-state index is 0.141. The average Bonchev–Trinajstić information content (AvgIpc) is 2.73. The number of hydrogen-bond acceptors (Lipinski definition) is 2. The summed E-state index contributed by atoms with van der Waals surface area (Å²) in [6.45, 7) is 0. The molecule has 150 valence electrons. The van der Waals surface area contributed by atoms with Crippen molar-refractivity contribution in [3.8, 4) is 0 Å². The van der Waals surface area contributed by atoms with Crippen LogP contribution in [0.2, 0.25) is 15.1 Å². The smallest absolute Gasteiger partial charge is 0.247 e. The second-order valence-electron chi connectivity index (χ2n) is 6.68. The summed E-state index contributed by atoms with van der Waals surface area (Å²) in [6.07, 6.45) is 0.141. The summed E-state index contributed by atoms with van der Waals surface area (Å²) in [7, 11) is 3.06. The van der Waals surface area contributed by atoms with Crippen molar-refractivity contribution in [3.05, 3.63) is 105 Å². The van der Waals surface area contributed by atoms with Crippen LogP contribution < -0.4 is 0 Å². The number of benzene rings is 3. The number of hydroxylamine groups is 2. The van der Waals surface area contributed by atoms with Crippen molar-refractivity contribution in [3.63, 3.8) is 0 Å². The van der Waals surface area contributed by atoms with Gasteiger partial charge in [0.1, 0.15) is 0 Å². The fraction of sp³-hybridized carbons (Fsp3) is 0.174. The molecule has 0 aliphatic rings. The van der Waals surface area contributed by atoms with E-state index in [2.05, 4.69) is 0 Å². The van der Waals surface area contributed by atoms with Crippen molar-refractivity contribution >= 4 is 40.7 Å². The van der Waals surface area contributed by atoms with Crippen LogP contribution in [0.5, 0.6) is 0 Å². The minimum Gasteiger partial charge on any atom is -0.275 e. The molecule has 3 nitrogen and oxygen atoms in total. The molecule has 0 fully saturated rings. The molecule has 0 N–H and O–H groups in total. The van der Waals surface area contributed by atoms with E-state index >= 15 is 0 Å². The summed E-state index contributed by atoms with van der Waals surface area (Å²) in [4.78, 5) is 18.2. The predicted octanol–water partition coefficient (Wildman–Crippen LogP) is 6.39. The normalized spacial score (nSPS) is 11.3. The molecule has 3 aromatic rings. The molecule has 0 aromatic heterocycles. The maximum atomic E-state index is 13.0. The molecule has 0 radical (unpaired) electrons. The van der Waals surface area contributed by atoms with Crippen LogP contribution in [-0.2, 0) is 15.0 Å². The van der Waals surface area contributed by atoms with Crippen molar-refractivity contribution in [1.82, 2.24) is 5.06 Å². The van der Waals surface area contributed by atoms with Gasteiger partial charge in [-0.15, -0.1) is 0 Å². The summed E-state index contributed by atoms with van der Waals surface area (Å²) < 4.78 is 0. The highest BCUT2D eigenvalue weighted by atomic mass is 35.5. The molecule has 0 saturated heterocycles. The first-order valence-corrected chi connectivity index (χ1v) is 10.1. The second kappa shape index (κ2) is 9.19. The maximum absolute atomic E-state index is 13.0. The van der Waals surface area contributed by atoms with E-state index < -0.39 is 5.41 Å². The molecule has 29 heavy (non-hydrogen) atoms. The standard InChI is InChI=1S/C23H20Cl3NO2/c1-27(29-2)22(28)15-23(16-3-9-19(24)10-4-16,17-5-11-20(25)12-6-17)18-7-13-21(26)14-8-18/h3-14H,15H2,1-2H3. The Balaban J connectivity index is 2.30. The molecule has 0 unspecified atom stereocenters. The van der Waals surface area contributed by atoms with Gasteiger partial charge < -0.3 is 0 Å². The predicted molar refractivity (Wildman–Crippen MR) is 119 cm³/mol. The zero-order valence-electron chi connectivity index (χ0n) is 16.0. The zero-order chi connectivity index (χ0) is 21.0. The molecule has 0 atom stereocenters. The molecular weight excluding hydrogens is 429 g/mol. The highest BCUT2D eigenvalue weighted by Crippen LogP contribution is 2.43. The fourth-order valence-corrected chi connectivity index (χ4v) is 3.83. The van der Waals surface area contributed by atoms with Crippen LogP contribution in [0.15, 0.2) is 72.8 Å². The van der Waals surface area contributed by atoms with Crippen molar-refractivity contribution in [2.24, 2.45) is 0 Å². The molecule has 0 spiro atoms. The van der Waals surface area contributed by atoms with Gasteiger partial charge in [0.05, 0.1) is 12.5 Å². The largest absolute Gasteiger partial charge is 0.275 e. The number of carbonyl (C=O) groups is 1. The summed E-state index contributed by atoms with van der Waals surface area (Å²) >= 11 is 18.4. The highest BCUT2D eigenvalue weighted by Gasteiger charge is 2.39. The van der Waals surface area contributed by atoms with Gasteiger partial charge in [-0.25, -0.2) is 5.06 Å². The van der Waals surface area contributed by atoms with Crippen LogP contribution in [0.4, 0.5) is 0 Å². The average molecular weight is 449 g/mol. The Kier molecular flexibility index (Phi) is 6.86. The Labute approximate surface area is 185 Å². The first-order chi connectivity index (χ1) is 13.9. The second-order valence-corrected chi connectivity index (χ2v) is 7.99. The van der Waals surface area contributed by atoms with Gasteiger partial charge >= 0.3 is 0 Å². The highest BCUT2D eigenvalue weighted by molar-refractivity contribution is 6.31. The Bertz CT molecular complexity index is 860. The summed E-state index contributed by atoms with van der Waals surface area (Å²) in [6, 6.07) is 22.5. The molecule has 3 aromatic carbocycles. The van der Waals surface area contributed by atoms with E-state index in [1.54, 1.807) is 7.05 Å². The summed E-state index contributed by atoms with van der Waals surface area (Å²) in [5, 5.41) is 3.09. The zero-order valence-corrected chi connectivity index (χ0v) is 18.3. The van der Waals surface area contributed by atoms with Gasteiger partial charge in [0.15, 0.2) is 0 Å². The third-order valence-corrected chi connectivity index (χ3v) is 5.81. The Hall–Kier alpha value is -2.04. The van der Waals surface area contributed by atoms with Gasteiger partial charge in [-0.2, -0.15) is 0 Å². The molecule has 3 rings (SSSR count). The minimum atomic E-state index is -0.788. The van der Waals surface area contributed by atoms with E-state index in [0.29, 0.717) is 15.1 Å². The van der Waals surface area contributed by atoms with Crippen LogP contribution in [0, 0.1) is 0 Å². The van der Waals surface area contributed by atoms with Gasteiger partial charge in [-0.3, -0.25) is 9.63 Å². The van der Waals surface area contributed by atoms with Crippen molar-refractivity contribution in [2.45, 2.75) is 11.8 Å². The number of hydrogen-bond donors (Lipinski definition) is 0. The maximum Gasteiger partial charge on any atom is 0.247 e. The first kappa shape index (κ1) is 21.7. The molecule has 0 aliphatic carbocycles.